The number of carbonyl (C=O) groups excluding carboxylic acids is 1. The quantitative estimate of drug-likeness (QED) is 0.277. The van der Waals surface area contributed by atoms with Crippen LogP contribution in [0.5, 0.6) is 11.6 Å². The third-order valence-corrected chi connectivity index (χ3v) is 3.92. The van der Waals surface area contributed by atoms with Gasteiger partial charge in [0, 0.05) is 12.7 Å². The number of aromatic nitrogens is 3. The van der Waals surface area contributed by atoms with Gasteiger partial charge in [-0.05, 0) is 31.2 Å². The molecule has 0 aliphatic heterocycles. The van der Waals surface area contributed by atoms with Crippen LogP contribution in [0.25, 0.3) is 0 Å². The van der Waals surface area contributed by atoms with E-state index in [1.807, 2.05) is 0 Å². The lowest BCUT2D eigenvalue weighted by Crippen LogP contribution is -2.28. The summed E-state index contributed by atoms with van der Waals surface area (Å²) in [5.74, 6) is 0.162. The summed E-state index contributed by atoms with van der Waals surface area (Å²) in [5, 5.41) is 11.9. The van der Waals surface area contributed by atoms with Gasteiger partial charge >= 0.3 is 17.5 Å². The van der Waals surface area contributed by atoms with E-state index in [4.69, 9.17) is 13.9 Å². The van der Waals surface area contributed by atoms with Crippen LogP contribution in [0.1, 0.15) is 19.1 Å². The summed E-state index contributed by atoms with van der Waals surface area (Å²) in [7, 11) is 0. The Morgan fingerprint density at radius 2 is 2.17 bits per heavy atom. The van der Waals surface area contributed by atoms with Gasteiger partial charge in [0.2, 0.25) is 5.82 Å². The third-order valence-electron chi connectivity index (χ3n) is 3.92. The molecular weight excluding hydrogens is 394 g/mol. The molecule has 0 aliphatic rings. The highest BCUT2D eigenvalue weighted by molar-refractivity contribution is 5.71. The second-order valence-corrected chi connectivity index (χ2v) is 5.95. The predicted octanol–water partition coefficient (Wildman–Crippen LogP) is 3.12. The Bertz CT molecular complexity index is 980. The van der Waals surface area contributed by atoms with E-state index in [1.54, 1.807) is 42.3 Å². The van der Waals surface area contributed by atoms with Crippen LogP contribution in [-0.4, -0.2) is 39.0 Å². The van der Waals surface area contributed by atoms with E-state index in [2.05, 4.69) is 15.0 Å². The highest BCUT2D eigenvalue weighted by atomic mass is 16.6. The predicted molar refractivity (Wildman–Crippen MR) is 104 cm³/mol. The van der Waals surface area contributed by atoms with Gasteiger partial charge in [-0.1, -0.05) is 0 Å². The molecule has 0 bridgehead atoms. The third kappa shape index (κ3) is 5.28. The van der Waals surface area contributed by atoms with Crippen LogP contribution in [0.15, 0.2) is 53.7 Å². The minimum absolute atomic E-state index is 0.00501. The smallest absolute Gasteiger partial charge is 0.373 e. The number of rotatable bonds is 10. The Labute approximate surface area is 171 Å². The number of hydrogen-bond donors (Lipinski definition) is 0. The summed E-state index contributed by atoms with van der Waals surface area (Å²) in [5.41, 5.74) is -0.434. The van der Waals surface area contributed by atoms with Crippen molar-refractivity contribution in [2.45, 2.75) is 19.9 Å². The topological polar surface area (TPSA) is 134 Å². The molecule has 0 atom stereocenters. The van der Waals surface area contributed by atoms with Gasteiger partial charge in [0.05, 0.1) is 37.0 Å². The zero-order valence-electron chi connectivity index (χ0n) is 16.1. The molecule has 0 aliphatic carbocycles. The first-order valence-corrected chi connectivity index (χ1v) is 9.08. The molecule has 11 heteroatoms. The van der Waals surface area contributed by atoms with Crippen LogP contribution >= 0.6 is 0 Å². The van der Waals surface area contributed by atoms with Gasteiger partial charge in [-0.3, -0.25) is 19.9 Å². The van der Waals surface area contributed by atoms with Crippen molar-refractivity contribution in [3.63, 3.8) is 0 Å². The van der Waals surface area contributed by atoms with Gasteiger partial charge in [0.15, 0.2) is 0 Å². The fraction of sp³-hybridized carbons (Fsp3) is 0.263. The monoisotopic (exact) mass is 413 g/mol. The minimum Gasteiger partial charge on any atom is -0.467 e. The molecule has 0 aromatic carbocycles. The fourth-order valence-electron chi connectivity index (χ4n) is 2.65. The van der Waals surface area contributed by atoms with E-state index < -0.39 is 16.6 Å². The highest BCUT2D eigenvalue weighted by Crippen LogP contribution is 2.36. The van der Waals surface area contributed by atoms with E-state index >= 15 is 0 Å². The summed E-state index contributed by atoms with van der Waals surface area (Å²) in [4.78, 5) is 36.6. The van der Waals surface area contributed by atoms with Crippen molar-refractivity contribution in [2.75, 3.05) is 18.1 Å². The maximum atomic E-state index is 11.9. The van der Waals surface area contributed by atoms with Gasteiger partial charge in [-0.15, -0.1) is 0 Å². The average molecular weight is 413 g/mol. The van der Waals surface area contributed by atoms with Gasteiger partial charge in [0.25, 0.3) is 0 Å². The maximum absolute atomic E-state index is 11.9. The summed E-state index contributed by atoms with van der Waals surface area (Å²) in [6.07, 6.45) is 5.62. The molecule has 0 unspecified atom stereocenters. The first kappa shape index (κ1) is 20.7. The lowest BCUT2D eigenvalue weighted by Gasteiger charge is -2.22. The van der Waals surface area contributed by atoms with E-state index in [0.717, 1.165) is 6.33 Å². The Kier molecular flexibility index (Phi) is 6.87. The molecule has 156 valence electrons. The van der Waals surface area contributed by atoms with Gasteiger partial charge in [0.1, 0.15) is 17.8 Å². The van der Waals surface area contributed by atoms with Crippen molar-refractivity contribution in [3.05, 3.63) is 65.1 Å². The molecule has 0 saturated heterocycles. The van der Waals surface area contributed by atoms with Crippen molar-refractivity contribution in [1.82, 2.24) is 15.0 Å². The van der Waals surface area contributed by atoms with Crippen LogP contribution < -0.4 is 9.64 Å². The number of esters is 1. The van der Waals surface area contributed by atoms with Gasteiger partial charge in [-0.2, -0.15) is 4.98 Å². The molecule has 3 heterocycles. The molecular formula is C19H19N5O6. The standard InChI is InChI=1S/C19H19N5O6/c1-2-28-16(25)7-9-23(12-15-6-4-10-29-15)18-17(24(26)27)19(22-13-21-18)30-14-5-3-8-20-11-14/h3-6,8,10-11,13H,2,7,9,12H2,1H3. The minimum atomic E-state index is -0.624. The van der Waals surface area contributed by atoms with Crippen molar-refractivity contribution >= 4 is 17.5 Å². The van der Waals surface area contributed by atoms with E-state index in [-0.39, 0.29) is 43.6 Å². The first-order valence-electron chi connectivity index (χ1n) is 9.08. The summed E-state index contributed by atoms with van der Waals surface area (Å²) in [6.45, 7) is 2.21. The number of hydrogen-bond acceptors (Lipinski definition) is 10. The molecule has 3 rings (SSSR count). The summed E-state index contributed by atoms with van der Waals surface area (Å²) < 4.78 is 15.9. The van der Waals surface area contributed by atoms with Gasteiger partial charge < -0.3 is 18.8 Å². The molecule has 11 nitrogen and oxygen atoms in total. The average Bonchev–Trinajstić information content (AvgIpc) is 3.25. The Morgan fingerprint density at radius 1 is 1.30 bits per heavy atom. The van der Waals surface area contributed by atoms with Crippen molar-refractivity contribution in [3.8, 4) is 11.6 Å². The fourth-order valence-corrected chi connectivity index (χ4v) is 2.65. The molecule has 3 aromatic rings. The van der Waals surface area contributed by atoms with Crippen molar-refractivity contribution in [1.29, 1.82) is 0 Å². The number of nitrogens with zero attached hydrogens (tertiary/aromatic N) is 5. The molecule has 30 heavy (non-hydrogen) atoms. The van der Waals surface area contributed by atoms with E-state index in [9.17, 15) is 14.9 Å². The Morgan fingerprint density at radius 3 is 2.83 bits per heavy atom. The number of furan rings is 1. The lowest BCUT2D eigenvalue weighted by atomic mass is 10.3. The van der Waals surface area contributed by atoms with Crippen LogP contribution in [0, 0.1) is 10.1 Å². The van der Waals surface area contributed by atoms with Crippen LogP contribution in [-0.2, 0) is 16.1 Å². The molecule has 0 radical (unpaired) electrons. The summed E-state index contributed by atoms with van der Waals surface area (Å²) >= 11 is 0. The first-order chi connectivity index (χ1) is 14.6. The second kappa shape index (κ2) is 9.96. The van der Waals surface area contributed by atoms with Crippen molar-refractivity contribution in [2.24, 2.45) is 0 Å². The van der Waals surface area contributed by atoms with E-state index in [1.165, 1.54) is 12.5 Å². The number of ether oxygens (including phenoxy) is 2. The number of pyridine rings is 1. The molecule has 0 amide bonds. The number of nitro groups is 1. The lowest BCUT2D eigenvalue weighted by molar-refractivity contribution is -0.385. The normalized spacial score (nSPS) is 10.4. The SMILES string of the molecule is CCOC(=O)CCN(Cc1ccco1)c1ncnc(Oc2cccnc2)c1[N+](=O)[O-]. The van der Waals surface area contributed by atoms with Crippen LogP contribution in [0.4, 0.5) is 11.5 Å². The van der Waals surface area contributed by atoms with Crippen molar-refractivity contribution < 1.29 is 23.6 Å². The zero-order chi connectivity index (χ0) is 21.3. The molecule has 0 saturated carbocycles. The Balaban J connectivity index is 1.95. The summed E-state index contributed by atoms with van der Waals surface area (Å²) in [6, 6.07) is 6.65. The molecule has 0 N–H and O–H groups in total. The second-order valence-electron chi connectivity index (χ2n) is 5.95. The Hall–Kier alpha value is -4.02. The molecule has 3 aromatic heterocycles. The number of anilines is 1. The molecule has 0 spiro atoms. The number of carbonyl (C=O) groups is 1. The zero-order valence-corrected chi connectivity index (χ0v) is 16.1. The van der Waals surface area contributed by atoms with Gasteiger partial charge in [-0.25, -0.2) is 4.98 Å². The largest absolute Gasteiger partial charge is 0.467 e. The molecule has 0 fully saturated rings. The van der Waals surface area contributed by atoms with Crippen LogP contribution in [0.3, 0.4) is 0 Å². The maximum Gasteiger partial charge on any atom is 0.373 e. The highest BCUT2D eigenvalue weighted by Gasteiger charge is 2.29. The van der Waals surface area contributed by atoms with E-state index in [0.29, 0.717) is 5.76 Å². The van der Waals surface area contributed by atoms with Crippen LogP contribution in [0.2, 0.25) is 0 Å².